The van der Waals surface area contributed by atoms with Crippen molar-refractivity contribution in [3.05, 3.63) is 35.4 Å². The highest BCUT2D eigenvalue weighted by molar-refractivity contribution is 5.21. The Balaban J connectivity index is 2.49. The Morgan fingerprint density at radius 1 is 1.23 bits per heavy atom. The molecule has 0 fully saturated rings. The predicted octanol–water partition coefficient (Wildman–Crippen LogP) is 1.42. The van der Waals surface area contributed by atoms with Gasteiger partial charge in [-0.05, 0) is 19.5 Å². The molecule has 0 aromatic heterocycles. The molecule has 0 unspecified atom stereocenters. The summed E-state index contributed by atoms with van der Waals surface area (Å²) >= 11 is 0. The fourth-order valence-electron chi connectivity index (χ4n) is 1.25. The van der Waals surface area contributed by atoms with Crippen LogP contribution in [0.1, 0.15) is 11.1 Å². The minimum absolute atomic E-state index is 0.225. The molecule has 0 aliphatic rings. The summed E-state index contributed by atoms with van der Waals surface area (Å²) in [5.74, 6) is 0. The number of likely N-dealkylation sites (N-methyl/N-ethyl adjacent to an activating group) is 1. The molecule has 1 N–H and O–H groups in total. The number of rotatable bonds is 4. The number of aliphatic hydroxyl groups excluding tert-OH is 1. The molecule has 0 saturated heterocycles. The van der Waals surface area contributed by atoms with Crippen molar-refractivity contribution in [3.8, 4) is 0 Å². The van der Waals surface area contributed by atoms with Crippen molar-refractivity contribution < 1.29 is 5.11 Å². The lowest BCUT2D eigenvalue weighted by Crippen LogP contribution is -2.21. The summed E-state index contributed by atoms with van der Waals surface area (Å²) in [5, 5.41) is 8.72. The molecule has 1 rings (SSSR count). The minimum Gasteiger partial charge on any atom is -0.395 e. The fourth-order valence-corrected chi connectivity index (χ4v) is 1.25. The van der Waals surface area contributed by atoms with Crippen LogP contribution >= 0.6 is 0 Å². The standard InChI is InChI=1S/C11H17NO/c1-10-3-5-11(6-4-10)9-12(2)7-8-13/h3-6,13H,7-9H2,1-2H3. The highest BCUT2D eigenvalue weighted by Crippen LogP contribution is 2.05. The lowest BCUT2D eigenvalue weighted by molar-refractivity contribution is 0.217. The number of aliphatic hydroxyl groups is 1. The van der Waals surface area contributed by atoms with Gasteiger partial charge in [0.05, 0.1) is 6.61 Å². The highest BCUT2D eigenvalue weighted by Gasteiger charge is 1.98. The van der Waals surface area contributed by atoms with Crippen molar-refractivity contribution in [2.75, 3.05) is 20.2 Å². The number of nitrogens with zero attached hydrogens (tertiary/aromatic N) is 1. The van der Waals surface area contributed by atoms with Gasteiger partial charge in [0, 0.05) is 13.1 Å². The molecule has 1 aromatic rings. The molecule has 1 aromatic carbocycles. The fraction of sp³-hybridized carbons (Fsp3) is 0.455. The molecule has 0 aliphatic heterocycles. The van der Waals surface area contributed by atoms with Gasteiger partial charge in [-0.2, -0.15) is 0 Å². The Hall–Kier alpha value is -0.860. The highest BCUT2D eigenvalue weighted by atomic mass is 16.3. The van der Waals surface area contributed by atoms with E-state index in [-0.39, 0.29) is 6.61 Å². The Morgan fingerprint density at radius 2 is 1.85 bits per heavy atom. The molecule has 72 valence electrons. The number of hydrogen-bond acceptors (Lipinski definition) is 2. The van der Waals surface area contributed by atoms with Crippen LogP contribution in [0.25, 0.3) is 0 Å². The van der Waals surface area contributed by atoms with Crippen LogP contribution in [0.2, 0.25) is 0 Å². The van der Waals surface area contributed by atoms with Gasteiger partial charge in [0.15, 0.2) is 0 Å². The van der Waals surface area contributed by atoms with Crippen LogP contribution in [0, 0.1) is 6.92 Å². The van der Waals surface area contributed by atoms with E-state index in [0.29, 0.717) is 0 Å². The third-order valence-electron chi connectivity index (χ3n) is 2.05. The van der Waals surface area contributed by atoms with E-state index >= 15 is 0 Å². The van der Waals surface area contributed by atoms with Crippen molar-refractivity contribution in [1.29, 1.82) is 0 Å². The van der Waals surface area contributed by atoms with Crippen LogP contribution in [0.5, 0.6) is 0 Å². The van der Waals surface area contributed by atoms with E-state index in [1.165, 1.54) is 11.1 Å². The summed E-state index contributed by atoms with van der Waals surface area (Å²) in [4.78, 5) is 2.10. The molecular weight excluding hydrogens is 162 g/mol. The third kappa shape index (κ3) is 3.57. The van der Waals surface area contributed by atoms with Gasteiger partial charge >= 0.3 is 0 Å². The van der Waals surface area contributed by atoms with Gasteiger partial charge in [0.1, 0.15) is 0 Å². The van der Waals surface area contributed by atoms with Crippen LogP contribution in [0.15, 0.2) is 24.3 Å². The topological polar surface area (TPSA) is 23.5 Å². The van der Waals surface area contributed by atoms with E-state index in [0.717, 1.165) is 13.1 Å². The summed E-state index contributed by atoms with van der Waals surface area (Å²) in [5.41, 5.74) is 2.58. The van der Waals surface area contributed by atoms with Crippen molar-refractivity contribution >= 4 is 0 Å². The van der Waals surface area contributed by atoms with Gasteiger partial charge in [0.2, 0.25) is 0 Å². The van der Waals surface area contributed by atoms with Gasteiger partial charge < -0.3 is 5.11 Å². The zero-order chi connectivity index (χ0) is 9.68. The van der Waals surface area contributed by atoms with E-state index in [4.69, 9.17) is 5.11 Å². The summed E-state index contributed by atoms with van der Waals surface area (Å²) in [6.07, 6.45) is 0. The maximum absolute atomic E-state index is 8.72. The SMILES string of the molecule is Cc1ccc(CN(C)CCO)cc1. The molecular formula is C11H17NO. The monoisotopic (exact) mass is 179 g/mol. The van der Waals surface area contributed by atoms with Crippen molar-refractivity contribution in [2.24, 2.45) is 0 Å². The Bertz CT molecular complexity index is 243. The lowest BCUT2D eigenvalue weighted by atomic mass is 10.1. The maximum Gasteiger partial charge on any atom is 0.0558 e. The molecule has 2 heteroatoms. The number of hydrogen-bond donors (Lipinski definition) is 1. The van der Waals surface area contributed by atoms with Crippen LogP contribution in [-0.2, 0) is 6.54 Å². The largest absolute Gasteiger partial charge is 0.395 e. The second-order valence-corrected chi connectivity index (χ2v) is 3.45. The molecule has 0 amide bonds. The van der Waals surface area contributed by atoms with Crippen LogP contribution in [0.3, 0.4) is 0 Å². The van der Waals surface area contributed by atoms with E-state index in [2.05, 4.69) is 36.1 Å². The van der Waals surface area contributed by atoms with Crippen molar-refractivity contribution in [2.45, 2.75) is 13.5 Å². The van der Waals surface area contributed by atoms with Gasteiger partial charge in [-0.25, -0.2) is 0 Å². The van der Waals surface area contributed by atoms with Crippen molar-refractivity contribution in [1.82, 2.24) is 4.90 Å². The van der Waals surface area contributed by atoms with Crippen LogP contribution < -0.4 is 0 Å². The lowest BCUT2D eigenvalue weighted by Gasteiger charge is -2.14. The van der Waals surface area contributed by atoms with E-state index < -0.39 is 0 Å². The molecule has 0 saturated carbocycles. The van der Waals surface area contributed by atoms with Crippen LogP contribution in [-0.4, -0.2) is 30.2 Å². The first-order valence-corrected chi connectivity index (χ1v) is 4.57. The van der Waals surface area contributed by atoms with E-state index in [1.54, 1.807) is 0 Å². The third-order valence-corrected chi connectivity index (χ3v) is 2.05. The zero-order valence-electron chi connectivity index (χ0n) is 8.33. The Morgan fingerprint density at radius 3 is 2.38 bits per heavy atom. The molecule has 13 heavy (non-hydrogen) atoms. The van der Waals surface area contributed by atoms with Crippen molar-refractivity contribution in [3.63, 3.8) is 0 Å². The minimum atomic E-state index is 0.225. The average molecular weight is 179 g/mol. The molecule has 0 aliphatic carbocycles. The molecule has 0 heterocycles. The smallest absolute Gasteiger partial charge is 0.0558 e. The van der Waals surface area contributed by atoms with Gasteiger partial charge in [-0.1, -0.05) is 29.8 Å². The normalized spacial score (nSPS) is 10.8. The van der Waals surface area contributed by atoms with Gasteiger partial charge in [-0.15, -0.1) is 0 Å². The Kier molecular flexibility index (Phi) is 3.93. The van der Waals surface area contributed by atoms with Gasteiger partial charge in [0.25, 0.3) is 0 Å². The summed E-state index contributed by atoms with van der Waals surface area (Å²) in [6.45, 7) is 3.94. The zero-order valence-corrected chi connectivity index (χ0v) is 8.33. The molecule has 0 radical (unpaired) electrons. The first-order valence-electron chi connectivity index (χ1n) is 4.57. The summed E-state index contributed by atoms with van der Waals surface area (Å²) in [6, 6.07) is 8.48. The second-order valence-electron chi connectivity index (χ2n) is 3.45. The van der Waals surface area contributed by atoms with E-state index in [9.17, 15) is 0 Å². The summed E-state index contributed by atoms with van der Waals surface area (Å²) < 4.78 is 0. The molecule has 2 nitrogen and oxygen atoms in total. The quantitative estimate of drug-likeness (QED) is 0.755. The second kappa shape index (κ2) is 5.00. The number of aryl methyl sites for hydroxylation is 1. The van der Waals surface area contributed by atoms with E-state index in [1.807, 2.05) is 7.05 Å². The van der Waals surface area contributed by atoms with Gasteiger partial charge in [-0.3, -0.25) is 4.90 Å². The predicted molar refractivity (Wildman–Crippen MR) is 54.6 cm³/mol. The Labute approximate surface area is 79.8 Å². The summed E-state index contributed by atoms with van der Waals surface area (Å²) in [7, 11) is 2.01. The molecule has 0 bridgehead atoms. The first kappa shape index (κ1) is 10.2. The first-order chi connectivity index (χ1) is 6.22. The number of benzene rings is 1. The maximum atomic E-state index is 8.72. The van der Waals surface area contributed by atoms with Crippen LogP contribution in [0.4, 0.5) is 0 Å². The average Bonchev–Trinajstić information content (AvgIpc) is 2.09. The molecule has 0 atom stereocenters. The molecule has 0 spiro atoms.